The first-order chi connectivity index (χ1) is 24.6. The molecule has 0 radical (unpaired) electrons. The van der Waals surface area contributed by atoms with Gasteiger partial charge in [0, 0.05) is 13.0 Å². The third-order valence-electron chi connectivity index (χ3n) is 8.09. The molecule has 0 fully saturated rings. The van der Waals surface area contributed by atoms with E-state index in [-0.39, 0.29) is 25.8 Å². The molecule has 0 rings (SSSR count). The Morgan fingerprint density at radius 2 is 1.14 bits per heavy atom. The maximum atomic E-state index is 12.6. The lowest BCUT2D eigenvalue weighted by Gasteiger charge is -2.24. The summed E-state index contributed by atoms with van der Waals surface area (Å²) in [5.41, 5.74) is 0. The number of unbranched alkanes of at least 4 members (excludes halogenated alkanes) is 12. The van der Waals surface area contributed by atoms with E-state index < -0.39 is 13.9 Å². The van der Waals surface area contributed by atoms with E-state index in [0.717, 1.165) is 83.5 Å². The highest BCUT2D eigenvalue weighted by molar-refractivity contribution is 7.47. The van der Waals surface area contributed by atoms with Crippen molar-refractivity contribution in [2.24, 2.45) is 0 Å². The van der Waals surface area contributed by atoms with Gasteiger partial charge in [0.25, 0.3) is 0 Å². The van der Waals surface area contributed by atoms with Crippen molar-refractivity contribution in [3.8, 4) is 0 Å². The SMILES string of the molecule is CC/C=C\C/C=C\C/C=C\C/C=C\C/C=C\CCCCCCOCC(COP(=O)(O)OCC[N+](C)(C)C)OC(=O)CCCCCCCCCCC. The molecule has 0 aliphatic rings. The minimum absolute atomic E-state index is 0.0813. The first kappa shape index (κ1) is 49.2. The molecule has 0 aromatic rings. The van der Waals surface area contributed by atoms with E-state index in [4.69, 9.17) is 18.5 Å². The molecule has 0 aromatic heterocycles. The lowest BCUT2D eigenvalue weighted by Crippen LogP contribution is -2.37. The minimum atomic E-state index is -4.27. The predicted molar refractivity (Wildman–Crippen MR) is 215 cm³/mol. The molecule has 2 atom stereocenters. The largest absolute Gasteiger partial charge is 0.472 e. The molecule has 51 heavy (non-hydrogen) atoms. The van der Waals surface area contributed by atoms with Gasteiger partial charge in [0.05, 0.1) is 34.4 Å². The molecule has 1 N–H and O–H groups in total. The Bertz CT molecular complexity index is 1000. The van der Waals surface area contributed by atoms with Gasteiger partial charge in [-0.05, 0) is 57.8 Å². The molecule has 0 saturated carbocycles. The van der Waals surface area contributed by atoms with Crippen molar-refractivity contribution in [2.75, 3.05) is 54.1 Å². The zero-order chi connectivity index (χ0) is 37.7. The van der Waals surface area contributed by atoms with Crippen LogP contribution in [0.5, 0.6) is 0 Å². The molecule has 2 unspecified atom stereocenters. The average molecular weight is 739 g/mol. The highest BCUT2D eigenvalue weighted by Gasteiger charge is 2.26. The van der Waals surface area contributed by atoms with Gasteiger partial charge >= 0.3 is 13.8 Å². The Labute approximate surface area is 313 Å². The molecule has 296 valence electrons. The molecular weight excluding hydrogens is 661 g/mol. The van der Waals surface area contributed by atoms with Crippen molar-refractivity contribution >= 4 is 13.8 Å². The fourth-order valence-corrected chi connectivity index (χ4v) is 5.73. The normalized spacial score (nSPS) is 14.5. The number of hydrogen-bond donors (Lipinski definition) is 1. The van der Waals surface area contributed by atoms with E-state index in [1.54, 1.807) is 0 Å². The summed E-state index contributed by atoms with van der Waals surface area (Å²) in [7, 11) is 1.64. The van der Waals surface area contributed by atoms with Crippen molar-refractivity contribution in [1.82, 2.24) is 0 Å². The van der Waals surface area contributed by atoms with Gasteiger partial charge in [-0.2, -0.15) is 0 Å². The van der Waals surface area contributed by atoms with Crippen LogP contribution in [0, 0.1) is 0 Å². The summed E-state index contributed by atoms with van der Waals surface area (Å²) in [5.74, 6) is -0.330. The number of allylic oxidation sites excluding steroid dienone is 10. The van der Waals surface area contributed by atoms with Gasteiger partial charge in [0.1, 0.15) is 19.3 Å². The number of phosphoric acid groups is 1. The van der Waals surface area contributed by atoms with E-state index in [1.165, 1.54) is 38.5 Å². The van der Waals surface area contributed by atoms with Crippen LogP contribution in [0.15, 0.2) is 60.8 Å². The summed E-state index contributed by atoms with van der Waals surface area (Å²) in [4.78, 5) is 22.7. The standard InChI is InChI=1S/C42H76NO7P/c1-6-8-10-12-14-16-17-18-19-20-21-22-23-24-25-26-28-30-32-34-37-47-39-41(40-49-51(45,46)48-38-36-43(3,4)5)50-42(44)35-33-31-29-27-15-13-11-9-7-2/h8,10,14,16,18-19,21-22,24-25,41H,6-7,9,11-13,15,17,20,23,26-40H2,1-5H3/p+1/b10-8-,16-14-,19-18-,22-21-,25-24-. The number of carbonyl (C=O) groups excluding carboxylic acids is 1. The quantitative estimate of drug-likeness (QED) is 0.0225. The van der Waals surface area contributed by atoms with Crippen LogP contribution in [0.2, 0.25) is 0 Å². The second-order valence-electron chi connectivity index (χ2n) is 14.3. The summed E-state index contributed by atoms with van der Waals surface area (Å²) in [6.07, 6.45) is 42.6. The number of ether oxygens (including phenoxy) is 2. The molecule has 0 aliphatic heterocycles. The van der Waals surface area contributed by atoms with E-state index in [9.17, 15) is 14.3 Å². The van der Waals surface area contributed by atoms with Crippen LogP contribution in [0.4, 0.5) is 0 Å². The van der Waals surface area contributed by atoms with Crippen LogP contribution in [-0.2, 0) is 27.9 Å². The van der Waals surface area contributed by atoms with Crippen molar-refractivity contribution < 1.29 is 37.3 Å². The molecular formula is C42H77NO7P+. The molecule has 0 bridgehead atoms. The van der Waals surface area contributed by atoms with Gasteiger partial charge < -0.3 is 18.9 Å². The summed E-state index contributed by atoms with van der Waals surface area (Å²) >= 11 is 0. The maximum Gasteiger partial charge on any atom is 0.472 e. The fourth-order valence-electron chi connectivity index (χ4n) is 4.99. The van der Waals surface area contributed by atoms with Gasteiger partial charge in [0.15, 0.2) is 0 Å². The molecule has 8 nitrogen and oxygen atoms in total. The lowest BCUT2D eigenvalue weighted by molar-refractivity contribution is -0.870. The average Bonchev–Trinajstić information content (AvgIpc) is 3.08. The number of nitrogens with zero attached hydrogens (tertiary/aromatic N) is 1. The number of hydrogen-bond acceptors (Lipinski definition) is 6. The van der Waals surface area contributed by atoms with Crippen LogP contribution < -0.4 is 0 Å². The van der Waals surface area contributed by atoms with Gasteiger partial charge in [-0.15, -0.1) is 0 Å². The Hall–Kier alpha value is -1.80. The molecule has 0 amide bonds. The van der Waals surface area contributed by atoms with E-state index in [0.29, 0.717) is 24.1 Å². The van der Waals surface area contributed by atoms with Crippen LogP contribution in [0.3, 0.4) is 0 Å². The van der Waals surface area contributed by atoms with Crippen LogP contribution >= 0.6 is 7.82 Å². The number of carbonyl (C=O) groups is 1. The molecule has 0 aromatic carbocycles. The smallest absolute Gasteiger partial charge is 0.457 e. The highest BCUT2D eigenvalue weighted by Crippen LogP contribution is 2.43. The van der Waals surface area contributed by atoms with Crippen LogP contribution in [-0.4, -0.2) is 75.6 Å². The molecule has 0 aliphatic carbocycles. The van der Waals surface area contributed by atoms with Gasteiger partial charge in [-0.3, -0.25) is 13.8 Å². The van der Waals surface area contributed by atoms with E-state index in [1.807, 2.05) is 21.1 Å². The number of quaternary nitrogens is 1. The number of phosphoric ester groups is 1. The zero-order valence-electron chi connectivity index (χ0n) is 33.3. The second-order valence-corrected chi connectivity index (χ2v) is 15.7. The maximum absolute atomic E-state index is 12.6. The number of likely N-dealkylation sites (N-methyl/N-ethyl adjacent to an activating group) is 1. The summed E-state index contributed by atoms with van der Waals surface area (Å²) in [6, 6.07) is 0. The van der Waals surface area contributed by atoms with Gasteiger partial charge in [-0.25, -0.2) is 4.57 Å². The molecule has 9 heteroatoms. The van der Waals surface area contributed by atoms with Gasteiger partial charge in [0.2, 0.25) is 0 Å². The minimum Gasteiger partial charge on any atom is -0.457 e. The second kappa shape index (κ2) is 35.2. The number of rotatable bonds is 36. The predicted octanol–water partition coefficient (Wildman–Crippen LogP) is 11.4. The van der Waals surface area contributed by atoms with Crippen molar-refractivity contribution in [3.05, 3.63) is 60.8 Å². The fraction of sp³-hybridized carbons (Fsp3) is 0.738. The Morgan fingerprint density at radius 3 is 1.71 bits per heavy atom. The summed E-state index contributed by atoms with van der Waals surface area (Å²) < 4.78 is 34.8. The van der Waals surface area contributed by atoms with E-state index >= 15 is 0 Å². The van der Waals surface area contributed by atoms with E-state index in [2.05, 4.69) is 74.6 Å². The van der Waals surface area contributed by atoms with Crippen LogP contribution in [0.25, 0.3) is 0 Å². The monoisotopic (exact) mass is 739 g/mol. The van der Waals surface area contributed by atoms with Gasteiger partial charge in [-0.1, -0.05) is 139 Å². The topological polar surface area (TPSA) is 91.3 Å². The third-order valence-corrected chi connectivity index (χ3v) is 9.08. The summed E-state index contributed by atoms with van der Waals surface area (Å²) in [5, 5.41) is 0. The number of esters is 1. The lowest BCUT2D eigenvalue weighted by atomic mass is 10.1. The molecule has 0 heterocycles. The first-order valence-corrected chi connectivity index (χ1v) is 21.5. The Balaban J connectivity index is 4.28. The zero-order valence-corrected chi connectivity index (χ0v) is 34.2. The highest BCUT2D eigenvalue weighted by atomic mass is 31.2. The molecule has 0 spiro atoms. The van der Waals surface area contributed by atoms with Crippen molar-refractivity contribution in [2.45, 2.75) is 148 Å². The Morgan fingerprint density at radius 1 is 0.627 bits per heavy atom. The molecule has 0 saturated heterocycles. The first-order valence-electron chi connectivity index (χ1n) is 20.0. The van der Waals surface area contributed by atoms with Crippen molar-refractivity contribution in [3.63, 3.8) is 0 Å². The summed E-state index contributed by atoms with van der Waals surface area (Å²) in [6.45, 7) is 5.40. The van der Waals surface area contributed by atoms with Crippen molar-refractivity contribution in [1.29, 1.82) is 0 Å². The van der Waals surface area contributed by atoms with Crippen LogP contribution in [0.1, 0.15) is 142 Å². The Kier molecular flexibility index (Phi) is 34.0. The third kappa shape index (κ3) is 39.2.